The molecule has 0 radical (unpaired) electrons. The molecule has 0 fully saturated rings. The van der Waals surface area contributed by atoms with E-state index in [1.165, 1.54) is 0 Å². The zero-order valence-electron chi connectivity index (χ0n) is 4.64. The van der Waals surface area contributed by atoms with Crippen molar-refractivity contribution >= 4 is 27.1 Å². The highest BCUT2D eigenvalue weighted by Gasteiger charge is 2.11. The highest BCUT2D eigenvalue weighted by atomic mass is 32.2. The number of nitrogens with zero attached hydrogens (tertiary/aromatic N) is 3. The van der Waals surface area contributed by atoms with Crippen LogP contribution in [0.2, 0.25) is 0 Å². The van der Waals surface area contributed by atoms with Crippen molar-refractivity contribution in [3.8, 4) is 6.07 Å². The quantitative estimate of drug-likeness (QED) is 0.421. The molecule has 0 saturated heterocycles. The van der Waals surface area contributed by atoms with E-state index in [9.17, 15) is 8.42 Å². The summed E-state index contributed by atoms with van der Waals surface area (Å²) >= 11 is 0. The largest absolute Gasteiger partial charge is 0.226 e. The minimum absolute atomic E-state index is 0.150. The molecule has 0 unspecified atom stereocenters. The van der Waals surface area contributed by atoms with Gasteiger partial charge in [0.05, 0.1) is 6.21 Å². The SMILES string of the molecule is N#CC1=NN=CC1=S(=O)=O. The van der Waals surface area contributed by atoms with E-state index in [1.54, 1.807) is 6.07 Å². The fraction of sp³-hybridized carbons (Fsp3) is 0. The molecule has 0 aromatic carbocycles. The lowest BCUT2D eigenvalue weighted by Gasteiger charge is -1.75. The maximum atomic E-state index is 10.2. The second kappa shape index (κ2) is 2.41. The Kier molecular flexibility index (Phi) is 1.60. The summed E-state index contributed by atoms with van der Waals surface area (Å²) in [5.74, 6) is 0. The Bertz CT molecular complexity index is 373. The van der Waals surface area contributed by atoms with Crippen molar-refractivity contribution in [2.45, 2.75) is 0 Å². The third-order valence-electron chi connectivity index (χ3n) is 0.852. The summed E-state index contributed by atoms with van der Waals surface area (Å²) in [6.45, 7) is 0. The van der Waals surface area contributed by atoms with Crippen LogP contribution < -0.4 is 0 Å². The van der Waals surface area contributed by atoms with Crippen LogP contribution in [0.1, 0.15) is 0 Å². The average Bonchev–Trinajstić information content (AvgIpc) is 2.33. The second-order valence-corrected chi connectivity index (χ2v) is 2.31. The molecule has 50 valence electrons. The van der Waals surface area contributed by atoms with E-state index in [-0.39, 0.29) is 10.6 Å². The van der Waals surface area contributed by atoms with Gasteiger partial charge in [-0.05, 0) is 0 Å². The molecular weight excluding hydrogens is 154 g/mol. The van der Waals surface area contributed by atoms with Crippen molar-refractivity contribution in [2.75, 3.05) is 0 Å². The zero-order chi connectivity index (χ0) is 7.56. The predicted octanol–water partition coefficient (Wildman–Crippen LogP) is -0.998. The van der Waals surface area contributed by atoms with Crippen LogP contribution in [-0.4, -0.2) is 25.2 Å². The molecule has 0 amide bonds. The van der Waals surface area contributed by atoms with Crippen LogP contribution in [-0.2, 0) is 10.3 Å². The third-order valence-corrected chi connectivity index (χ3v) is 1.51. The summed E-state index contributed by atoms with van der Waals surface area (Å²) < 4.78 is 20.4. The van der Waals surface area contributed by atoms with Crippen molar-refractivity contribution in [1.29, 1.82) is 5.26 Å². The zero-order valence-corrected chi connectivity index (χ0v) is 5.46. The molecular formula is C4HN3O2S. The van der Waals surface area contributed by atoms with Gasteiger partial charge >= 0.3 is 0 Å². The van der Waals surface area contributed by atoms with Gasteiger partial charge in [-0.2, -0.15) is 18.8 Å². The number of nitriles is 1. The van der Waals surface area contributed by atoms with E-state index in [0.717, 1.165) is 6.21 Å². The van der Waals surface area contributed by atoms with E-state index >= 15 is 0 Å². The molecule has 1 aliphatic heterocycles. The Labute approximate surface area is 57.8 Å². The Morgan fingerprint density at radius 2 is 2.30 bits per heavy atom. The molecule has 1 heterocycles. The van der Waals surface area contributed by atoms with Crippen molar-refractivity contribution in [3.05, 3.63) is 0 Å². The smallest absolute Gasteiger partial charge is 0.191 e. The van der Waals surface area contributed by atoms with Crippen LogP contribution in [0.3, 0.4) is 0 Å². The van der Waals surface area contributed by atoms with Gasteiger partial charge in [0, 0.05) is 0 Å². The lowest BCUT2D eigenvalue weighted by atomic mass is 10.3. The summed E-state index contributed by atoms with van der Waals surface area (Å²) in [5, 5.41) is 14.7. The molecule has 0 aliphatic carbocycles. The lowest BCUT2D eigenvalue weighted by Crippen LogP contribution is -2.09. The van der Waals surface area contributed by atoms with Gasteiger partial charge in [-0.1, -0.05) is 0 Å². The molecule has 0 spiro atoms. The van der Waals surface area contributed by atoms with Gasteiger partial charge in [0.15, 0.2) is 10.6 Å². The molecule has 0 saturated carbocycles. The summed E-state index contributed by atoms with van der Waals surface area (Å²) in [4.78, 5) is -0.150. The predicted molar refractivity (Wildman–Crippen MR) is 35.5 cm³/mol. The molecule has 1 aliphatic rings. The van der Waals surface area contributed by atoms with E-state index in [1.807, 2.05) is 0 Å². The first-order valence-electron chi connectivity index (χ1n) is 2.23. The van der Waals surface area contributed by atoms with E-state index < -0.39 is 10.3 Å². The fourth-order valence-corrected chi connectivity index (χ4v) is 0.826. The Hall–Kier alpha value is -1.48. The van der Waals surface area contributed by atoms with E-state index in [0.29, 0.717) is 0 Å². The third kappa shape index (κ3) is 0.942. The molecule has 6 heteroatoms. The van der Waals surface area contributed by atoms with Crippen LogP contribution in [0.4, 0.5) is 0 Å². The monoisotopic (exact) mass is 155 g/mol. The van der Waals surface area contributed by atoms with Gasteiger partial charge < -0.3 is 0 Å². The van der Waals surface area contributed by atoms with Crippen LogP contribution >= 0.6 is 0 Å². The minimum atomic E-state index is -2.41. The first-order chi connectivity index (χ1) is 4.75. The van der Waals surface area contributed by atoms with Crippen molar-refractivity contribution in [2.24, 2.45) is 10.2 Å². The lowest BCUT2D eigenvalue weighted by molar-refractivity contribution is 0.627. The van der Waals surface area contributed by atoms with Crippen molar-refractivity contribution < 1.29 is 8.42 Å². The van der Waals surface area contributed by atoms with Gasteiger partial charge in [-0.15, -0.1) is 5.10 Å². The molecule has 0 aromatic rings. The molecule has 0 bridgehead atoms. The van der Waals surface area contributed by atoms with E-state index in [4.69, 9.17) is 5.26 Å². The topological polar surface area (TPSA) is 82.7 Å². The van der Waals surface area contributed by atoms with Gasteiger partial charge in [-0.3, -0.25) is 0 Å². The van der Waals surface area contributed by atoms with Crippen LogP contribution in [0.25, 0.3) is 0 Å². The molecule has 0 N–H and O–H groups in total. The maximum Gasteiger partial charge on any atom is 0.226 e. The highest BCUT2D eigenvalue weighted by Crippen LogP contribution is 1.89. The van der Waals surface area contributed by atoms with Crippen molar-refractivity contribution in [1.82, 2.24) is 0 Å². The first-order valence-corrected chi connectivity index (χ1v) is 3.31. The summed E-state index contributed by atoms with van der Waals surface area (Å²) in [6, 6.07) is 1.59. The Morgan fingerprint density at radius 1 is 1.60 bits per heavy atom. The number of hydrogen-bond acceptors (Lipinski definition) is 5. The Balaban J connectivity index is 3.33. The Morgan fingerprint density at radius 3 is 2.70 bits per heavy atom. The normalized spacial score (nSPS) is 14.7. The van der Waals surface area contributed by atoms with Crippen molar-refractivity contribution in [3.63, 3.8) is 0 Å². The number of hydrogen-bond donors (Lipinski definition) is 0. The molecule has 5 nitrogen and oxygen atoms in total. The highest BCUT2D eigenvalue weighted by molar-refractivity contribution is 7.76. The summed E-state index contributed by atoms with van der Waals surface area (Å²) in [5.41, 5.74) is -0.159. The standard InChI is InChI=1S/C4HN3O2S/c5-1-3-4(10(8)9)2-6-7-3/h2H. The molecule has 0 aromatic heterocycles. The first kappa shape index (κ1) is 6.64. The van der Waals surface area contributed by atoms with Gasteiger partial charge in [-0.25, -0.2) is 0 Å². The van der Waals surface area contributed by atoms with E-state index in [2.05, 4.69) is 10.2 Å². The number of rotatable bonds is 0. The molecule has 10 heavy (non-hydrogen) atoms. The van der Waals surface area contributed by atoms with Crippen LogP contribution in [0, 0.1) is 11.3 Å². The van der Waals surface area contributed by atoms with Crippen LogP contribution in [0.5, 0.6) is 0 Å². The average molecular weight is 155 g/mol. The fourth-order valence-electron chi connectivity index (χ4n) is 0.449. The maximum absolute atomic E-state index is 10.2. The summed E-state index contributed by atoms with van der Waals surface area (Å²) in [6.07, 6.45) is 1.03. The van der Waals surface area contributed by atoms with Gasteiger partial charge in [0.25, 0.3) is 0 Å². The minimum Gasteiger partial charge on any atom is -0.191 e. The molecule has 1 rings (SSSR count). The van der Waals surface area contributed by atoms with Crippen LogP contribution in [0.15, 0.2) is 10.2 Å². The second-order valence-electron chi connectivity index (χ2n) is 1.40. The molecule has 0 atom stereocenters. The van der Waals surface area contributed by atoms with Gasteiger partial charge in [0.2, 0.25) is 10.3 Å². The van der Waals surface area contributed by atoms with Gasteiger partial charge in [0.1, 0.15) is 6.07 Å². The summed E-state index contributed by atoms with van der Waals surface area (Å²) in [7, 11) is -2.41.